The maximum atomic E-state index is 9.66. The van der Waals surface area contributed by atoms with Gasteiger partial charge in [-0.3, -0.25) is 0 Å². The lowest BCUT2D eigenvalue weighted by Gasteiger charge is -2.03. The van der Waals surface area contributed by atoms with Crippen LogP contribution in [0.2, 0.25) is 0 Å². The molecule has 0 saturated heterocycles. The Morgan fingerprint density at radius 3 is 2.00 bits per heavy atom. The number of hydrogen-bond donors (Lipinski definition) is 1. The predicted octanol–water partition coefficient (Wildman–Crippen LogP) is 6.56. The SMILES string of the molecule is CCCC[C@@H](O)C=CCCCCCCCC=CCCCBr. The van der Waals surface area contributed by atoms with Crippen molar-refractivity contribution in [2.75, 3.05) is 5.33 Å². The van der Waals surface area contributed by atoms with Crippen molar-refractivity contribution in [2.45, 2.75) is 90.1 Å². The summed E-state index contributed by atoms with van der Waals surface area (Å²) in [6.45, 7) is 2.16. The molecule has 0 unspecified atom stereocenters. The van der Waals surface area contributed by atoms with Crippen LogP contribution in [0.15, 0.2) is 24.3 Å². The summed E-state index contributed by atoms with van der Waals surface area (Å²) in [5, 5.41) is 10.8. The fraction of sp³-hybridized carbons (Fsp3) is 0.789. The van der Waals surface area contributed by atoms with Crippen LogP contribution in [-0.4, -0.2) is 16.5 Å². The van der Waals surface area contributed by atoms with Crippen LogP contribution >= 0.6 is 15.9 Å². The zero-order chi connectivity index (χ0) is 15.6. The van der Waals surface area contributed by atoms with Crippen LogP contribution in [0.3, 0.4) is 0 Å². The van der Waals surface area contributed by atoms with Gasteiger partial charge in [0, 0.05) is 5.33 Å². The van der Waals surface area contributed by atoms with Crippen molar-refractivity contribution in [3.63, 3.8) is 0 Å². The number of hydrogen-bond acceptors (Lipinski definition) is 1. The van der Waals surface area contributed by atoms with Gasteiger partial charge in [0.15, 0.2) is 0 Å². The van der Waals surface area contributed by atoms with Gasteiger partial charge in [-0.25, -0.2) is 0 Å². The molecule has 0 fully saturated rings. The first-order chi connectivity index (χ1) is 10.3. The Morgan fingerprint density at radius 2 is 1.38 bits per heavy atom. The molecular formula is C19H35BrO. The van der Waals surface area contributed by atoms with E-state index in [2.05, 4.69) is 41.1 Å². The molecule has 0 bridgehead atoms. The van der Waals surface area contributed by atoms with E-state index < -0.39 is 0 Å². The lowest BCUT2D eigenvalue weighted by atomic mass is 10.1. The van der Waals surface area contributed by atoms with E-state index in [9.17, 15) is 5.11 Å². The Balaban J connectivity index is 3.21. The van der Waals surface area contributed by atoms with Crippen molar-refractivity contribution in [3.05, 3.63) is 24.3 Å². The van der Waals surface area contributed by atoms with Crippen LogP contribution in [0, 0.1) is 0 Å². The first kappa shape index (κ1) is 20.9. The van der Waals surface area contributed by atoms with E-state index in [1.807, 2.05) is 6.08 Å². The Hall–Kier alpha value is -0.0800. The first-order valence-electron chi connectivity index (χ1n) is 8.87. The van der Waals surface area contributed by atoms with Gasteiger partial charge in [0.25, 0.3) is 0 Å². The molecule has 0 aromatic heterocycles. The fourth-order valence-electron chi connectivity index (χ4n) is 2.25. The van der Waals surface area contributed by atoms with Crippen LogP contribution in [0.4, 0.5) is 0 Å². The van der Waals surface area contributed by atoms with Gasteiger partial charge in [-0.15, -0.1) is 0 Å². The molecule has 0 rings (SSSR count). The third-order valence-corrected chi connectivity index (χ3v) is 4.19. The molecule has 1 N–H and O–H groups in total. The molecule has 0 heterocycles. The average Bonchev–Trinajstić information content (AvgIpc) is 2.49. The van der Waals surface area contributed by atoms with Gasteiger partial charge in [-0.2, -0.15) is 0 Å². The largest absolute Gasteiger partial charge is 0.389 e. The molecule has 21 heavy (non-hydrogen) atoms. The maximum absolute atomic E-state index is 9.66. The molecule has 2 heteroatoms. The number of unbranched alkanes of at least 4 members (excludes halogenated alkanes) is 8. The van der Waals surface area contributed by atoms with E-state index >= 15 is 0 Å². The Kier molecular flexibility index (Phi) is 17.9. The molecule has 1 atom stereocenters. The van der Waals surface area contributed by atoms with Crippen LogP contribution in [-0.2, 0) is 0 Å². The summed E-state index contributed by atoms with van der Waals surface area (Å²) in [6.07, 6.45) is 23.2. The normalized spacial score (nSPS) is 13.5. The summed E-state index contributed by atoms with van der Waals surface area (Å²) in [4.78, 5) is 0. The standard InChI is InChI=1S/C19H35BrO/c1-2-3-16-19(21)17-14-12-10-8-6-4-5-7-9-11-13-15-18-20/h9,11,14,17,19,21H,2-8,10,12-13,15-16,18H2,1H3/t19-/m1/s1. The molecule has 124 valence electrons. The van der Waals surface area contributed by atoms with Crippen molar-refractivity contribution in [3.8, 4) is 0 Å². The van der Waals surface area contributed by atoms with Gasteiger partial charge in [-0.1, -0.05) is 79.3 Å². The summed E-state index contributed by atoms with van der Waals surface area (Å²) in [7, 11) is 0. The summed E-state index contributed by atoms with van der Waals surface area (Å²) >= 11 is 3.44. The third-order valence-electron chi connectivity index (χ3n) is 3.62. The predicted molar refractivity (Wildman–Crippen MR) is 99.2 cm³/mol. The highest BCUT2D eigenvalue weighted by molar-refractivity contribution is 9.09. The van der Waals surface area contributed by atoms with E-state index in [-0.39, 0.29) is 6.10 Å². The summed E-state index contributed by atoms with van der Waals surface area (Å²) in [5.74, 6) is 0. The molecule has 1 nitrogen and oxygen atoms in total. The zero-order valence-electron chi connectivity index (χ0n) is 13.9. The van der Waals surface area contributed by atoms with Crippen molar-refractivity contribution in [1.82, 2.24) is 0 Å². The highest BCUT2D eigenvalue weighted by Gasteiger charge is 1.96. The molecule has 0 amide bonds. The zero-order valence-corrected chi connectivity index (χ0v) is 15.5. The number of alkyl halides is 1. The van der Waals surface area contributed by atoms with E-state index in [0.717, 1.165) is 31.0 Å². The summed E-state index contributed by atoms with van der Waals surface area (Å²) in [5.41, 5.74) is 0. The smallest absolute Gasteiger partial charge is 0.0720 e. The van der Waals surface area contributed by atoms with E-state index in [1.165, 1.54) is 51.4 Å². The average molecular weight is 359 g/mol. The highest BCUT2D eigenvalue weighted by Crippen LogP contribution is 2.09. The second-order valence-electron chi connectivity index (χ2n) is 5.79. The Bertz CT molecular complexity index is 248. The molecule has 0 saturated carbocycles. The van der Waals surface area contributed by atoms with Crippen LogP contribution in [0.25, 0.3) is 0 Å². The molecule has 0 aliphatic carbocycles. The van der Waals surface area contributed by atoms with Gasteiger partial charge in [0.05, 0.1) is 6.10 Å². The van der Waals surface area contributed by atoms with Crippen molar-refractivity contribution >= 4 is 15.9 Å². The third kappa shape index (κ3) is 17.9. The second kappa shape index (κ2) is 18.0. The molecular weight excluding hydrogens is 324 g/mol. The quantitative estimate of drug-likeness (QED) is 0.199. The lowest BCUT2D eigenvalue weighted by Crippen LogP contribution is -2.00. The minimum Gasteiger partial charge on any atom is -0.389 e. The van der Waals surface area contributed by atoms with Gasteiger partial charge < -0.3 is 5.11 Å². The van der Waals surface area contributed by atoms with E-state index in [4.69, 9.17) is 0 Å². The Labute approximate surface area is 141 Å². The molecule has 0 radical (unpaired) electrons. The summed E-state index contributed by atoms with van der Waals surface area (Å²) < 4.78 is 0. The first-order valence-corrected chi connectivity index (χ1v) is 9.99. The minimum atomic E-state index is -0.221. The van der Waals surface area contributed by atoms with Crippen LogP contribution in [0.5, 0.6) is 0 Å². The minimum absolute atomic E-state index is 0.221. The van der Waals surface area contributed by atoms with Gasteiger partial charge >= 0.3 is 0 Å². The van der Waals surface area contributed by atoms with Crippen molar-refractivity contribution in [2.24, 2.45) is 0 Å². The molecule has 0 aliphatic rings. The van der Waals surface area contributed by atoms with Gasteiger partial charge in [0.1, 0.15) is 0 Å². The second-order valence-corrected chi connectivity index (χ2v) is 6.58. The Morgan fingerprint density at radius 1 is 0.810 bits per heavy atom. The maximum Gasteiger partial charge on any atom is 0.0720 e. The number of halogens is 1. The molecule has 0 aromatic rings. The number of aliphatic hydroxyl groups is 1. The summed E-state index contributed by atoms with van der Waals surface area (Å²) in [6, 6.07) is 0. The fourth-order valence-corrected chi connectivity index (χ4v) is 2.57. The van der Waals surface area contributed by atoms with Gasteiger partial charge in [0.2, 0.25) is 0 Å². The molecule has 0 spiro atoms. The van der Waals surface area contributed by atoms with Crippen LogP contribution < -0.4 is 0 Å². The van der Waals surface area contributed by atoms with Crippen molar-refractivity contribution in [1.29, 1.82) is 0 Å². The number of rotatable bonds is 15. The number of aliphatic hydroxyl groups excluding tert-OH is 1. The molecule has 0 aromatic carbocycles. The monoisotopic (exact) mass is 358 g/mol. The van der Waals surface area contributed by atoms with Crippen molar-refractivity contribution < 1.29 is 5.11 Å². The lowest BCUT2D eigenvalue weighted by molar-refractivity contribution is 0.209. The van der Waals surface area contributed by atoms with Gasteiger partial charge in [-0.05, 0) is 44.9 Å². The van der Waals surface area contributed by atoms with Crippen LogP contribution in [0.1, 0.15) is 84.0 Å². The number of allylic oxidation sites excluding steroid dienone is 3. The van der Waals surface area contributed by atoms with E-state index in [0.29, 0.717) is 0 Å². The highest BCUT2D eigenvalue weighted by atomic mass is 79.9. The van der Waals surface area contributed by atoms with E-state index in [1.54, 1.807) is 0 Å². The topological polar surface area (TPSA) is 20.2 Å². The molecule has 0 aliphatic heterocycles.